The fourth-order valence-corrected chi connectivity index (χ4v) is 5.98. The van der Waals surface area contributed by atoms with E-state index in [2.05, 4.69) is 40.3 Å². The normalized spacial score (nSPS) is 13.6. The third-order valence-corrected chi connectivity index (χ3v) is 7.94. The number of anilines is 3. The maximum Gasteiger partial charge on any atom is 0.229 e. The van der Waals surface area contributed by atoms with Crippen molar-refractivity contribution in [1.82, 2.24) is 19.9 Å². The third kappa shape index (κ3) is 5.19. The van der Waals surface area contributed by atoms with Crippen LogP contribution in [0.2, 0.25) is 0 Å². The van der Waals surface area contributed by atoms with Crippen molar-refractivity contribution in [2.45, 2.75) is 40.7 Å². The molecule has 4 heterocycles. The van der Waals surface area contributed by atoms with Gasteiger partial charge in [-0.15, -0.1) is 11.3 Å². The van der Waals surface area contributed by atoms with Crippen molar-refractivity contribution in [3.8, 4) is 10.6 Å². The molecule has 1 aliphatic rings. The highest BCUT2D eigenvalue weighted by atomic mass is 32.1. The Bertz CT molecular complexity index is 1420. The number of nitrogens with one attached hydrogen (secondary N) is 2. The van der Waals surface area contributed by atoms with E-state index in [1.54, 1.807) is 11.3 Å². The molecule has 4 N–H and O–H groups in total. The van der Waals surface area contributed by atoms with Crippen LogP contribution in [-0.2, 0) is 17.8 Å². The predicted molar refractivity (Wildman–Crippen MR) is 152 cm³/mol. The zero-order valence-electron chi connectivity index (χ0n) is 22.0. The quantitative estimate of drug-likeness (QED) is 0.313. The Morgan fingerprint density at radius 1 is 1.24 bits per heavy atom. The molecule has 1 aliphatic heterocycles. The van der Waals surface area contributed by atoms with E-state index in [1.807, 2.05) is 50.1 Å². The fourth-order valence-electron chi connectivity index (χ4n) is 4.82. The number of amides is 1. The van der Waals surface area contributed by atoms with Crippen LogP contribution in [0.5, 0.6) is 0 Å². The second kappa shape index (κ2) is 10.1. The second-order valence-corrected chi connectivity index (χ2v) is 11.6. The number of nitrogens with zero attached hydrogens (tertiary/aromatic N) is 4. The molecule has 0 atom stereocenters. The molecule has 0 spiro atoms. The molecule has 5 rings (SSSR count). The van der Waals surface area contributed by atoms with Gasteiger partial charge in [0.25, 0.3) is 0 Å². The van der Waals surface area contributed by atoms with Crippen LogP contribution < -0.4 is 16.0 Å². The van der Waals surface area contributed by atoms with Gasteiger partial charge in [0.05, 0.1) is 10.6 Å². The van der Waals surface area contributed by atoms with E-state index in [1.165, 1.54) is 10.4 Å². The molecule has 1 amide bonds. The van der Waals surface area contributed by atoms with E-state index in [4.69, 9.17) is 15.7 Å². The van der Waals surface area contributed by atoms with Crippen molar-refractivity contribution in [1.29, 1.82) is 0 Å². The molecule has 0 saturated carbocycles. The molecule has 9 heteroatoms. The number of carbonyl (C=O) groups is 1. The smallest absolute Gasteiger partial charge is 0.229 e. The lowest BCUT2D eigenvalue weighted by molar-refractivity contribution is -0.140. The van der Waals surface area contributed by atoms with E-state index in [0.717, 1.165) is 59.0 Å². The van der Waals surface area contributed by atoms with Crippen molar-refractivity contribution < 1.29 is 4.79 Å². The number of H-pyrrole nitrogens is 1. The van der Waals surface area contributed by atoms with Crippen molar-refractivity contribution >= 4 is 45.6 Å². The minimum absolute atomic E-state index is 0.197. The zero-order chi connectivity index (χ0) is 26.2. The highest BCUT2D eigenvalue weighted by molar-refractivity contribution is 7.15. The first-order chi connectivity index (χ1) is 17.8. The van der Waals surface area contributed by atoms with Gasteiger partial charge in [0, 0.05) is 66.0 Å². The first-order valence-electron chi connectivity index (χ1n) is 12.9. The SMILES string of the molecule is CCN(CCN)c1cccc(Nc2nc(-c3cc4c(s3)CCN(C(=O)C(C)(C)C)C4)c3cc[nH]c3n2)c1. The summed E-state index contributed by atoms with van der Waals surface area (Å²) in [7, 11) is 0. The highest BCUT2D eigenvalue weighted by Gasteiger charge is 2.30. The summed E-state index contributed by atoms with van der Waals surface area (Å²) < 4.78 is 0. The summed E-state index contributed by atoms with van der Waals surface area (Å²) in [5.41, 5.74) is 10.4. The van der Waals surface area contributed by atoms with Gasteiger partial charge in [-0.25, -0.2) is 4.98 Å². The molecule has 4 aromatic rings. The maximum atomic E-state index is 12.9. The van der Waals surface area contributed by atoms with Crippen molar-refractivity contribution in [3.05, 3.63) is 53.0 Å². The first-order valence-corrected chi connectivity index (χ1v) is 13.7. The molecule has 0 saturated heterocycles. The first kappa shape index (κ1) is 25.2. The van der Waals surface area contributed by atoms with E-state index in [9.17, 15) is 4.79 Å². The Labute approximate surface area is 221 Å². The Morgan fingerprint density at radius 3 is 2.84 bits per heavy atom. The number of benzene rings is 1. The number of hydrogen-bond donors (Lipinski definition) is 3. The lowest BCUT2D eigenvalue weighted by atomic mass is 9.93. The topological polar surface area (TPSA) is 103 Å². The number of aromatic amines is 1. The molecule has 1 aromatic carbocycles. The number of aromatic nitrogens is 3. The summed E-state index contributed by atoms with van der Waals surface area (Å²) in [4.78, 5) is 32.5. The molecule has 0 aliphatic carbocycles. The number of likely N-dealkylation sites (N-methyl/N-ethyl adjacent to an activating group) is 1. The molecule has 0 unspecified atom stereocenters. The molecule has 8 nitrogen and oxygen atoms in total. The lowest BCUT2D eigenvalue weighted by Gasteiger charge is -2.32. The number of fused-ring (bicyclic) bond motifs is 2. The predicted octanol–water partition coefficient (Wildman–Crippen LogP) is 5.15. The average molecular weight is 518 g/mol. The van der Waals surface area contributed by atoms with E-state index < -0.39 is 0 Å². The van der Waals surface area contributed by atoms with Crippen LogP contribution in [0, 0.1) is 5.41 Å². The number of hydrogen-bond acceptors (Lipinski definition) is 7. The van der Waals surface area contributed by atoms with Crippen LogP contribution in [0.1, 0.15) is 38.1 Å². The van der Waals surface area contributed by atoms with Gasteiger partial charge in [0.15, 0.2) is 0 Å². The van der Waals surface area contributed by atoms with Crippen LogP contribution in [0.15, 0.2) is 42.6 Å². The number of thiophene rings is 1. The van der Waals surface area contributed by atoms with Gasteiger partial charge >= 0.3 is 0 Å². The number of rotatable bonds is 7. The van der Waals surface area contributed by atoms with Gasteiger partial charge in [-0.1, -0.05) is 26.8 Å². The van der Waals surface area contributed by atoms with Gasteiger partial charge < -0.3 is 25.8 Å². The molecule has 0 bridgehead atoms. The molecular formula is C28H35N7OS. The molecular weight excluding hydrogens is 482 g/mol. The van der Waals surface area contributed by atoms with Crippen molar-refractivity contribution in [2.24, 2.45) is 11.1 Å². The fraction of sp³-hybridized carbons (Fsp3) is 0.393. The Kier molecular flexibility index (Phi) is 6.92. The second-order valence-electron chi connectivity index (χ2n) is 10.5. The van der Waals surface area contributed by atoms with Gasteiger partial charge in [-0.3, -0.25) is 4.79 Å². The summed E-state index contributed by atoms with van der Waals surface area (Å²) in [5, 5.41) is 4.40. The van der Waals surface area contributed by atoms with Crippen LogP contribution >= 0.6 is 11.3 Å². The monoisotopic (exact) mass is 517 g/mol. The summed E-state index contributed by atoms with van der Waals surface area (Å²) in [6.45, 7) is 11.8. The number of nitrogens with two attached hydrogens (primary N) is 1. The number of carbonyl (C=O) groups excluding carboxylic acids is 1. The summed E-state index contributed by atoms with van der Waals surface area (Å²) in [6.07, 6.45) is 2.77. The minimum atomic E-state index is -0.378. The maximum absolute atomic E-state index is 12.9. The minimum Gasteiger partial charge on any atom is -0.370 e. The van der Waals surface area contributed by atoms with E-state index in [-0.39, 0.29) is 11.3 Å². The van der Waals surface area contributed by atoms with Crippen LogP contribution in [0.4, 0.5) is 17.3 Å². The standard InChI is InChI=1S/C28H35N7OS/c1-5-34(14-11-29)20-8-6-7-19(16-20)31-27-32-24(21-9-12-30-25(21)33-27)23-15-18-17-35(13-10-22(18)37-23)26(36)28(2,3)4/h6-9,12,15-16H,5,10-11,13-14,17,29H2,1-4H3,(H2,30,31,32,33). The van der Waals surface area contributed by atoms with Crippen LogP contribution in [-0.4, -0.2) is 51.9 Å². The molecule has 0 fully saturated rings. The van der Waals surface area contributed by atoms with Gasteiger partial charge in [-0.05, 0) is 49.2 Å². The van der Waals surface area contributed by atoms with Crippen LogP contribution in [0.3, 0.4) is 0 Å². The highest BCUT2D eigenvalue weighted by Crippen LogP contribution is 2.38. The Balaban J connectivity index is 1.45. The van der Waals surface area contributed by atoms with Crippen LogP contribution in [0.25, 0.3) is 21.6 Å². The summed E-state index contributed by atoms with van der Waals surface area (Å²) in [6, 6.07) is 12.5. The molecule has 3 aromatic heterocycles. The van der Waals surface area contributed by atoms with Gasteiger partial charge in [0.1, 0.15) is 5.65 Å². The van der Waals surface area contributed by atoms with Gasteiger partial charge in [-0.2, -0.15) is 4.98 Å². The van der Waals surface area contributed by atoms with E-state index in [0.29, 0.717) is 19.0 Å². The molecule has 194 valence electrons. The Morgan fingerprint density at radius 2 is 2.08 bits per heavy atom. The average Bonchev–Trinajstić information content (AvgIpc) is 3.52. The summed E-state index contributed by atoms with van der Waals surface area (Å²) in [5.74, 6) is 0.739. The van der Waals surface area contributed by atoms with Crippen molar-refractivity contribution in [2.75, 3.05) is 36.4 Å². The largest absolute Gasteiger partial charge is 0.370 e. The molecule has 37 heavy (non-hydrogen) atoms. The summed E-state index contributed by atoms with van der Waals surface area (Å²) >= 11 is 1.77. The lowest BCUT2D eigenvalue weighted by Crippen LogP contribution is -2.41. The van der Waals surface area contributed by atoms with Gasteiger partial charge in [0.2, 0.25) is 11.9 Å². The molecule has 0 radical (unpaired) electrons. The Hall–Kier alpha value is -3.43. The third-order valence-electron chi connectivity index (χ3n) is 6.69. The van der Waals surface area contributed by atoms with E-state index >= 15 is 0 Å². The van der Waals surface area contributed by atoms with Crippen molar-refractivity contribution in [3.63, 3.8) is 0 Å². The zero-order valence-corrected chi connectivity index (χ0v) is 22.8.